The second-order valence-electron chi connectivity index (χ2n) is 4.03. The third kappa shape index (κ3) is 5.31. The summed E-state index contributed by atoms with van der Waals surface area (Å²) in [5.41, 5.74) is 0. The van der Waals surface area contributed by atoms with Crippen LogP contribution in [0.5, 0.6) is 0 Å². The predicted molar refractivity (Wildman–Crippen MR) is 68.8 cm³/mol. The zero-order chi connectivity index (χ0) is 12.1. The maximum absolute atomic E-state index is 11.5. The number of alkyl halides is 1. The molecule has 0 aromatic carbocycles. The molecule has 0 aromatic heterocycles. The van der Waals surface area contributed by atoms with Crippen molar-refractivity contribution in [2.75, 3.05) is 6.54 Å². The number of rotatable bonds is 7. The third-order valence-electron chi connectivity index (χ3n) is 2.66. The first kappa shape index (κ1) is 15.4. The highest BCUT2D eigenvalue weighted by Gasteiger charge is 2.20. The SMILES string of the molecule is CCC(CC)C(Br)CNS(=O)(=O)C(C)C. The minimum Gasteiger partial charge on any atom is -0.214 e. The average Bonchev–Trinajstić information content (AvgIpc) is 2.16. The number of sulfonamides is 1. The Labute approximate surface area is 102 Å². The van der Waals surface area contributed by atoms with Crippen molar-refractivity contribution in [3.05, 3.63) is 0 Å². The van der Waals surface area contributed by atoms with E-state index in [2.05, 4.69) is 34.5 Å². The van der Waals surface area contributed by atoms with Gasteiger partial charge in [0.05, 0.1) is 5.25 Å². The maximum Gasteiger partial charge on any atom is 0.213 e. The molecule has 0 saturated heterocycles. The molecule has 0 saturated carbocycles. The first-order chi connectivity index (χ1) is 6.85. The molecular weight excluding hydrogens is 278 g/mol. The van der Waals surface area contributed by atoms with E-state index in [4.69, 9.17) is 0 Å². The highest BCUT2D eigenvalue weighted by molar-refractivity contribution is 9.09. The molecule has 5 heteroatoms. The molecule has 0 aliphatic rings. The van der Waals surface area contributed by atoms with Crippen LogP contribution >= 0.6 is 15.9 Å². The lowest BCUT2D eigenvalue weighted by atomic mass is 10.00. The van der Waals surface area contributed by atoms with Gasteiger partial charge in [-0.25, -0.2) is 13.1 Å². The summed E-state index contributed by atoms with van der Waals surface area (Å²) in [5, 5.41) is -0.362. The third-order valence-corrected chi connectivity index (χ3v) is 5.54. The van der Waals surface area contributed by atoms with Gasteiger partial charge in [-0.1, -0.05) is 42.6 Å². The minimum atomic E-state index is -3.12. The molecule has 0 aliphatic carbocycles. The highest BCUT2D eigenvalue weighted by atomic mass is 79.9. The zero-order valence-corrected chi connectivity index (χ0v) is 12.4. The summed E-state index contributed by atoms with van der Waals surface area (Å²) in [6, 6.07) is 0. The van der Waals surface area contributed by atoms with Gasteiger partial charge >= 0.3 is 0 Å². The summed E-state index contributed by atoms with van der Waals surface area (Å²) in [5.74, 6) is 0.528. The van der Waals surface area contributed by atoms with Crippen molar-refractivity contribution in [1.82, 2.24) is 4.72 Å². The molecule has 0 radical (unpaired) electrons. The van der Waals surface area contributed by atoms with Crippen LogP contribution in [0.25, 0.3) is 0 Å². The standard InChI is InChI=1S/C10H22BrNO2S/c1-5-9(6-2)10(11)7-12-15(13,14)8(3)4/h8-10,12H,5-7H2,1-4H3. The molecule has 1 unspecified atom stereocenters. The first-order valence-electron chi connectivity index (χ1n) is 5.47. The van der Waals surface area contributed by atoms with E-state index in [0.29, 0.717) is 12.5 Å². The summed E-state index contributed by atoms with van der Waals surface area (Å²) in [7, 11) is -3.12. The Bertz CT molecular complexity index is 261. The molecule has 15 heavy (non-hydrogen) atoms. The van der Waals surface area contributed by atoms with E-state index in [1.165, 1.54) is 0 Å². The van der Waals surface area contributed by atoms with Gasteiger partial charge < -0.3 is 0 Å². The summed E-state index contributed by atoms with van der Waals surface area (Å²) in [4.78, 5) is 0.223. The fourth-order valence-corrected chi connectivity index (χ4v) is 3.20. The molecule has 92 valence electrons. The molecule has 0 spiro atoms. The lowest BCUT2D eigenvalue weighted by Gasteiger charge is -2.20. The largest absolute Gasteiger partial charge is 0.214 e. The first-order valence-corrected chi connectivity index (χ1v) is 7.93. The number of hydrogen-bond acceptors (Lipinski definition) is 2. The number of halogens is 1. The van der Waals surface area contributed by atoms with Crippen molar-refractivity contribution in [2.24, 2.45) is 5.92 Å². The van der Waals surface area contributed by atoms with Gasteiger partial charge in [0.2, 0.25) is 10.0 Å². The zero-order valence-electron chi connectivity index (χ0n) is 9.96. The number of nitrogens with one attached hydrogen (secondary N) is 1. The fraction of sp³-hybridized carbons (Fsp3) is 1.00. The van der Waals surface area contributed by atoms with Gasteiger partial charge in [0, 0.05) is 11.4 Å². The Hall–Kier alpha value is 0.390. The molecule has 0 aliphatic heterocycles. The van der Waals surface area contributed by atoms with E-state index in [1.54, 1.807) is 13.8 Å². The normalized spacial score (nSPS) is 14.9. The van der Waals surface area contributed by atoms with Crippen molar-refractivity contribution in [3.8, 4) is 0 Å². The molecule has 3 nitrogen and oxygen atoms in total. The maximum atomic E-state index is 11.5. The van der Waals surface area contributed by atoms with Gasteiger partial charge in [0.15, 0.2) is 0 Å². The molecule has 0 heterocycles. The predicted octanol–water partition coefficient (Wildman–Crippen LogP) is 2.51. The molecule has 0 amide bonds. The topological polar surface area (TPSA) is 46.2 Å². The van der Waals surface area contributed by atoms with Crippen LogP contribution in [-0.2, 0) is 10.0 Å². The quantitative estimate of drug-likeness (QED) is 0.734. The molecule has 1 atom stereocenters. The Kier molecular flexibility index (Phi) is 7.04. The van der Waals surface area contributed by atoms with E-state index in [1.807, 2.05) is 0 Å². The van der Waals surface area contributed by atoms with Crippen molar-refractivity contribution >= 4 is 26.0 Å². The van der Waals surface area contributed by atoms with Crippen LogP contribution in [0.3, 0.4) is 0 Å². The molecule has 1 N–H and O–H groups in total. The molecule has 0 rings (SSSR count). The van der Waals surface area contributed by atoms with E-state index < -0.39 is 10.0 Å². The Balaban J connectivity index is 4.16. The average molecular weight is 300 g/mol. The van der Waals surface area contributed by atoms with E-state index in [-0.39, 0.29) is 10.1 Å². The minimum absolute atomic E-state index is 0.223. The Morgan fingerprint density at radius 1 is 1.20 bits per heavy atom. The Morgan fingerprint density at radius 3 is 2.00 bits per heavy atom. The Morgan fingerprint density at radius 2 is 1.67 bits per heavy atom. The van der Waals surface area contributed by atoms with Crippen LogP contribution in [0.4, 0.5) is 0 Å². The van der Waals surface area contributed by atoms with Gasteiger partial charge in [-0.15, -0.1) is 0 Å². The second-order valence-corrected chi connectivity index (χ2v) is 7.53. The van der Waals surface area contributed by atoms with Gasteiger partial charge in [0.25, 0.3) is 0 Å². The van der Waals surface area contributed by atoms with Crippen molar-refractivity contribution in [1.29, 1.82) is 0 Å². The molecule has 0 fully saturated rings. The fourth-order valence-electron chi connectivity index (χ4n) is 1.33. The summed E-state index contributed by atoms with van der Waals surface area (Å²) in [6.45, 7) is 8.09. The number of hydrogen-bond donors (Lipinski definition) is 1. The van der Waals surface area contributed by atoms with Crippen LogP contribution in [0.1, 0.15) is 40.5 Å². The van der Waals surface area contributed by atoms with Crippen LogP contribution in [0.15, 0.2) is 0 Å². The summed E-state index contributed by atoms with van der Waals surface area (Å²) >= 11 is 3.54. The van der Waals surface area contributed by atoms with Crippen molar-refractivity contribution < 1.29 is 8.42 Å². The summed E-state index contributed by atoms with van der Waals surface area (Å²) < 4.78 is 25.6. The lowest BCUT2D eigenvalue weighted by molar-refractivity contribution is 0.470. The summed E-state index contributed by atoms with van der Waals surface area (Å²) in [6.07, 6.45) is 2.13. The molecule has 0 aromatic rings. The van der Waals surface area contributed by atoms with Crippen molar-refractivity contribution in [2.45, 2.75) is 50.6 Å². The van der Waals surface area contributed by atoms with Gasteiger partial charge in [0.1, 0.15) is 0 Å². The van der Waals surface area contributed by atoms with E-state index in [9.17, 15) is 8.42 Å². The lowest BCUT2D eigenvalue weighted by Crippen LogP contribution is -2.36. The smallest absolute Gasteiger partial charge is 0.213 e. The van der Waals surface area contributed by atoms with E-state index in [0.717, 1.165) is 12.8 Å². The van der Waals surface area contributed by atoms with Crippen molar-refractivity contribution in [3.63, 3.8) is 0 Å². The molecule has 0 bridgehead atoms. The van der Waals surface area contributed by atoms with Gasteiger partial charge in [-0.2, -0.15) is 0 Å². The van der Waals surface area contributed by atoms with Crippen LogP contribution in [0.2, 0.25) is 0 Å². The van der Waals surface area contributed by atoms with Crippen LogP contribution in [-0.4, -0.2) is 25.0 Å². The monoisotopic (exact) mass is 299 g/mol. The molecular formula is C10H22BrNO2S. The second kappa shape index (κ2) is 6.86. The van der Waals surface area contributed by atoms with Crippen LogP contribution in [0, 0.1) is 5.92 Å². The van der Waals surface area contributed by atoms with Gasteiger partial charge in [-0.05, 0) is 19.8 Å². The highest BCUT2D eigenvalue weighted by Crippen LogP contribution is 2.19. The van der Waals surface area contributed by atoms with E-state index >= 15 is 0 Å². The van der Waals surface area contributed by atoms with Gasteiger partial charge in [-0.3, -0.25) is 0 Å². The van der Waals surface area contributed by atoms with Crippen LogP contribution < -0.4 is 4.72 Å².